The minimum absolute atomic E-state index is 0.00385. The number of carbonyl (C=O) groups excluding carboxylic acids is 1. The quantitative estimate of drug-likeness (QED) is 0.794. The molecule has 0 radical (unpaired) electrons. The van der Waals surface area contributed by atoms with Gasteiger partial charge in [-0.15, -0.1) is 5.10 Å². The van der Waals surface area contributed by atoms with Crippen molar-refractivity contribution in [2.75, 3.05) is 5.32 Å². The predicted octanol–water partition coefficient (Wildman–Crippen LogP) is 2.59. The maximum absolute atomic E-state index is 12.2. The van der Waals surface area contributed by atoms with E-state index in [1.54, 1.807) is 0 Å². The Labute approximate surface area is 135 Å². The van der Waals surface area contributed by atoms with Crippen molar-refractivity contribution in [3.05, 3.63) is 47.5 Å². The summed E-state index contributed by atoms with van der Waals surface area (Å²) in [4.78, 5) is 20.5. The molecule has 7 nitrogen and oxygen atoms in total. The molecule has 0 atom stereocenters. The van der Waals surface area contributed by atoms with Gasteiger partial charge in [0.05, 0.1) is 0 Å². The Balaban J connectivity index is 1.78. The van der Waals surface area contributed by atoms with Gasteiger partial charge in [-0.05, 0) is 44.2 Å². The second-order valence-electron chi connectivity index (χ2n) is 5.04. The van der Waals surface area contributed by atoms with Gasteiger partial charge in [-0.25, -0.2) is 9.50 Å². The fourth-order valence-electron chi connectivity index (χ4n) is 2.17. The first-order chi connectivity index (χ1) is 11.4. The lowest BCUT2D eigenvalue weighted by atomic mass is 10.3. The highest BCUT2D eigenvalue weighted by Gasteiger charge is 2.15. The second kappa shape index (κ2) is 6.19. The lowest BCUT2D eigenvalue weighted by molar-refractivity contribution is -0.0498. The van der Waals surface area contributed by atoms with Gasteiger partial charge in [-0.1, -0.05) is 0 Å². The van der Waals surface area contributed by atoms with E-state index in [1.165, 1.54) is 28.8 Å². The first-order valence-electron chi connectivity index (χ1n) is 6.99. The summed E-state index contributed by atoms with van der Waals surface area (Å²) in [5.41, 5.74) is 1.98. The highest BCUT2D eigenvalue weighted by molar-refractivity contribution is 6.01. The number of hydrogen-bond acceptors (Lipinski definition) is 5. The number of fused-ring (bicyclic) bond motifs is 1. The van der Waals surface area contributed by atoms with Crippen molar-refractivity contribution >= 4 is 17.4 Å². The van der Waals surface area contributed by atoms with Gasteiger partial charge in [-0.2, -0.15) is 13.8 Å². The van der Waals surface area contributed by atoms with Gasteiger partial charge in [0.25, 0.3) is 11.7 Å². The number of nitrogens with one attached hydrogen (secondary N) is 1. The number of halogens is 2. The largest absolute Gasteiger partial charge is 0.435 e. The Morgan fingerprint density at radius 1 is 1.21 bits per heavy atom. The minimum atomic E-state index is -2.90. The lowest BCUT2D eigenvalue weighted by Gasteiger charge is -2.06. The summed E-state index contributed by atoms with van der Waals surface area (Å²) in [5.74, 6) is -0.230. The number of amides is 1. The molecule has 1 aromatic carbocycles. The molecule has 0 aliphatic rings. The van der Waals surface area contributed by atoms with E-state index >= 15 is 0 Å². The molecule has 2 heterocycles. The number of alkyl halides is 2. The van der Waals surface area contributed by atoms with Crippen LogP contribution in [-0.2, 0) is 0 Å². The zero-order valence-electron chi connectivity index (χ0n) is 12.8. The van der Waals surface area contributed by atoms with Crippen molar-refractivity contribution < 1.29 is 18.3 Å². The van der Waals surface area contributed by atoms with Crippen molar-refractivity contribution in [2.24, 2.45) is 0 Å². The molecule has 3 aromatic rings. The summed E-state index contributed by atoms with van der Waals surface area (Å²) in [5, 5.41) is 6.70. The van der Waals surface area contributed by atoms with Gasteiger partial charge >= 0.3 is 6.61 Å². The van der Waals surface area contributed by atoms with E-state index in [2.05, 4.69) is 25.1 Å². The van der Waals surface area contributed by atoms with E-state index in [0.29, 0.717) is 11.5 Å². The van der Waals surface area contributed by atoms with Crippen LogP contribution in [0.2, 0.25) is 0 Å². The summed E-state index contributed by atoms with van der Waals surface area (Å²) < 4.78 is 29.9. The lowest BCUT2D eigenvalue weighted by Crippen LogP contribution is -2.14. The van der Waals surface area contributed by atoms with Crippen molar-refractivity contribution in [1.29, 1.82) is 0 Å². The number of hydrogen-bond donors (Lipinski definition) is 1. The number of aromatic nitrogens is 4. The SMILES string of the molecule is Cc1cc(C)n2nc(C(=O)Nc3ccc(OC(F)F)cc3)nc2n1. The molecule has 24 heavy (non-hydrogen) atoms. The van der Waals surface area contributed by atoms with Gasteiger partial charge in [0.15, 0.2) is 0 Å². The Kier molecular flexibility index (Phi) is 4.07. The van der Waals surface area contributed by atoms with Crippen LogP contribution in [0.3, 0.4) is 0 Å². The predicted molar refractivity (Wildman–Crippen MR) is 81.3 cm³/mol. The van der Waals surface area contributed by atoms with Gasteiger partial charge in [0, 0.05) is 17.1 Å². The third-order valence-corrected chi connectivity index (χ3v) is 3.16. The number of nitrogens with zero attached hydrogens (tertiary/aromatic N) is 4. The van der Waals surface area contributed by atoms with E-state index in [4.69, 9.17) is 0 Å². The van der Waals surface area contributed by atoms with Crippen molar-refractivity contribution in [3.63, 3.8) is 0 Å². The first kappa shape index (κ1) is 15.8. The van der Waals surface area contributed by atoms with Crippen LogP contribution in [0.5, 0.6) is 5.75 Å². The Morgan fingerprint density at radius 3 is 2.58 bits per heavy atom. The molecule has 0 fully saturated rings. The number of anilines is 1. The summed E-state index contributed by atoms with van der Waals surface area (Å²) in [7, 11) is 0. The van der Waals surface area contributed by atoms with Crippen molar-refractivity contribution in [3.8, 4) is 5.75 Å². The molecule has 0 saturated carbocycles. The van der Waals surface area contributed by atoms with Gasteiger partial charge in [-0.3, -0.25) is 4.79 Å². The molecule has 0 aliphatic heterocycles. The molecule has 0 unspecified atom stereocenters. The zero-order valence-corrected chi connectivity index (χ0v) is 12.8. The molecule has 1 amide bonds. The van der Waals surface area contributed by atoms with E-state index in [-0.39, 0.29) is 11.6 Å². The number of benzene rings is 1. The van der Waals surface area contributed by atoms with Crippen LogP contribution in [0.15, 0.2) is 30.3 Å². The standard InChI is InChI=1S/C15H13F2N5O2/c1-8-7-9(2)22-15(18-8)20-12(21-22)13(23)19-10-3-5-11(6-4-10)24-14(16)17/h3-7,14H,1-2H3,(H,19,23). The highest BCUT2D eigenvalue weighted by atomic mass is 19.3. The minimum Gasteiger partial charge on any atom is -0.435 e. The average molecular weight is 333 g/mol. The van der Waals surface area contributed by atoms with E-state index in [1.807, 2.05) is 19.9 Å². The summed E-state index contributed by atoms with van der Waals surface area (Å²) >= 11 is 0. The summed E-state index contributed by atoms with van der Waals surface area (Å²) in [6, 6.07) is 7.37. The zero-order chi connectivity index (χ0) is 17.3. The molecular formula is C15H13F2N5O2. The molecule has 0 saturated heterocycles. The molecule has 1 N–H and O–H groups in total. The molecule has 0 aliphatic carbocycles. The Bertz CT molecular complexity index is 893. The average Bonchev–Trinajstić information content (AvgIpc) is 2.93. The van der Waals surface area contributed by atoms with E-state index < -0.39 is 12.5 Å². The molecule has 0 bridgehead atoms. The molecular weight excluding hydrogens is 320 g/mol. The van der Waals surface area contributed by atoms with Crippen LogP contribution in [-0.4, -0.2) is 32.1 Å². The fourth-order valence-corrected chi connectivity index (χ4v) is 2.17. The molecule has 2 aromatic heterocycles. The van der Waals surface area contributed by atoms with Crippen LogP contribution in [0, 0.1) is 13.8 Å². The summed E-state index contributed by atoms with van der Waals surface area (Å²) in [6.07, 6.45) is 0. The smallest absolute Gasteiger partial charge is 0.387 e. The van der Waals surface area contributed by atoms with Crippen LogP contribution < -0.4 is 10.1 Å². The third kappa shape index (κ3) is 3.29. The number of ether oxygens (including phenoxy) is 1. The van der Waals surface area contributed by atoms with Crippen molar-refractivity contribution in [1.82, 2.24) is 19.6 Å². The topological polar surface area (TPSA) is 81.4 Å². The molecule has 124 valence electrons. The van der Waals surface area contributed by atoms with Crippen LogP contribution in [0.4, 0.5) is 14.5 Å². The number of aryl methyl sites for hydroxylation is 2. The van der Waals surface area contributed by atoms with Gasteiger partial charge in [0.2, 0.25) is 5.82 Å². The second-order valence-corrected chi connectivity index (χ2v) is 5.04. The first-order valence-corrected chi connectivity index (χ1v) is 6.99. The van der Waals surface area contributed by atoms with Crippen LogP contribution in [0.1, 0.15) is 22.0 Å². The fraction of sp³-hybridized carbons (Fsp3) is 0.200. The third-order valence-electron chi connectivity index (χ3n) is 3.16. The summed E-state index contributed by atoms with van der Waals surface area (Å²) in [6.45, 7) is 0.761. The van der Waals surface area contributed by atoms with Crippen molar-refractivity contribution in [2.45, 2.75) is 20.5 Å². The maximum Gasteiger partial charge on any atom is 0.387 e. The highest BCUT2D eigenvalue weighted by Crippen LogP contribution is 2.18. The normalized spacial score (nSPS) is 11.0. The number of carbonyl (C=O) groups is 1. The Hall–Kier alpha value is -3.10. The maximum atomic E-state index is 12.2. The monoisotopic (exact) mass is 333 g/mol. The van der Waals surface area contributed by atoms with E-state index in [9.17, 15) is 13.6 Å². The molecule has 0 spiro atoms. The van der Waals surface area contributed by atoms with E-state index in [0.717, 1.165) is 11.4 Å². The number of rotatable bonds is 4. The van der Waals surface area contributed by atoms with Gasteiger partial charge in [0.1, 0.15) is 5.75 Å². The molecule has 3 rings (SSSR count). The van der Waals surface area contributed by atoms with Crippen LogP contribution in [0.25, 0.3) is 5.78 Å². The van der Waals surface area contributed by atoms with Gasteiger partial charge < -0.3 is 10.1 Å². The van der Waals surface area contributed by atoms with Crippen LogP contribution >= 0.6 is 0 Å². The molecule has 9 heteroatoms. The Morgan fingerprint density at radius 2 is 1.92 bits per heavy atom.